The van der Waals surface area contributed by atoms with Crippen LogP contribution in [0.1, 0.15) is 60.3 Å². The highest BCUT2D eigenvalue weighted by Crippen LogP contribution is 2.37. The molecule has 0 spiro atoms. The zero-order valence-corrected chi connectivity index (χ0v) is 16.7. The van der Waals surface area contributed by atoms with E-state index < -0.39 is 5.60 Å². The molecule has 2 atom stereocenters. The van der Waals surface area contributed by atoms with Gasteiger partial charge in [0.2, 0.25) is 0 Å². The summed E-state index contributed by atoms with van der Waals surface area (Å²) < 4.78 is 12.1. The molecule has 2 rings (SSSR count). The first-order valence-corrected chi connectivity index (χ1v) is 9.58. The minimum absolute atomic E-state index is 0.138. The Balaban J connectivity index is 1.83. The minimum atomic E-state index is -0.439. The molecule has 0 aromatic carbocycles. The quantitative estimate of drug-likeness (QED) is 0.489. The van der Waals surface area contributed by atoms with Gasteiger partial charge in [0.15, 0.2) is 0 Å². The minimum Gasteiger partial charge on any atom is -0.444 e. The van der Waals surface area contributed by atoms with Crippen molar-refractivity contribution in [3.8, 4) is 0 Å². The Morgan fingerprint density at radius 1 is 1.18 bits per heavy atom. The highest BCUT2D eigenvalue weighted by molar-refractivity contribution is 14.1. The molecule has 0 aromatic heterocycles. The Morgan fingerprint density at radius 3 is 2.32 bits per heavy atom. The third-order valence-electron chi connectivity index (χ3n) is 4.50. The van der Waals surface area contributed by atoms with Crippen molar-refractivity contribution < 1.29 is 14.3 Å². The number of carbonyl (C=O) groups is 1. The van der Waals surface area contributed by atoms with Crippen LogP contribution in [-0.2, 0) is 9.47 Å². The monoisotopic (exact) mass is 423 g/mol. The van der Waals surface area contributed by atoms with Crippen molar-refractivity contribution in [2.75, 3.05) is 13.1 Å². The van der Waals surface area contributed by atoms with Crippen molar-refractivity contribution >= 4 is 28.7 Å². The van der Waals surface area contributed by atoms with Crippen molar-refractivity contribution in [1.29, 1.82) is 0 Å². The SMILES string of the molecule is CC1(C)CCC(OC2CN(C(=O)OC(C)(C)C)CC2I)CC1. The highest BCUT2D eigenvalue weighted by Gasteiger charge is 2.38. The average molecular weight is 423 g/mol. The van der Waals surface area contributed by atoms with Gasteiger partial charge in [-0.1, -0.05) is 36.4 Å². The van der Waals surface area contributed by atoms with Gasteiger partial charge in [0.1, 0.15) is 5.60 Å². The smallest absolute Gasteiger partial charge is 0.410 e. The summed E-state index contributed by atoms with van der Waals surface area (Å²) in [6, 6.07) is 0. The number of nitrogens with zero attached hydrogens (tertiary/aromatic N) is 1. The Bertz CT molecular complexity index is 395. The zero-order chi connectivity index (χ0) is 16.5. The number of halogens is 1. The standard InChI is InChI=1S/C17H30INO3/c1-16(2,3)22-15(20)19-10-13(18)14(11-19)21-12-6-8-17(4,5)9-7-12/h12-14H,6-11H2,1-5H3. The van der Waals surface area contributed by atoms with Crippen LogP contribution in [0.25, 0.3) is 0 Å². The maximum absolute atomic E-state index is 12.2. The van der Waals surface area contributed by atoms with Crippen molar-refractivity contribution in [3.63, 3.8) is 0 Å². The van der Waals surface area contributed by atoms with Gasteiger partial charge in [-0.05, 0) is 51.9 Å². The molecule has 0 radical (unpaired) electrons. The lowest BCUT2D eigenvalue weighted by Gasteiger charge is -2.35. The first-order valence-electron chi connectivity index (χ1n) is 8.33. The van der Waals surface area contributed by atoms with E-state index in [1.54, 1.807) is 4.90 Å². The van der Waals surface area contributed by atoms with Crippen LogP contribution in [0.2, 0.25) is 0 Å². The van der Waals surface area contributed by atoms with E-state index in [1.807, 2.05) is 20.8 Å². The molecule has 2 aliphatic rings. The molecule has 128 valence electrons. The Morgan fingerprint density at radius 2 is 1.77 bits per heavy atom. The van der Waals surface area contributed by atoms with Crippen LogP contribution in [0.5, 0.6) is 0 Å². The van der Waals surface area contributed by atoms with Gasteiger partial charge < -0.3 is 14.4 Å². The van der Waals surface area contributed by atoms with Crippen molar-refractivity contribution in [2.45, 2.75) is 82.0 Å². The van der Waals surface area contributed by atoms with E-state index in [4.69, 9.17) is 9.47 Å². The topological polar surface area (TPSA) is 38.8 Å². The van der Waals surface area contributed by atoms with Crippen LogP contribution in [-0.4, -0.2) is 45.8 Å². The number of likely N-dealkylation sites (tertiary alicyclic amines) is 1. The number of amides is 1. The summed E-state index contributed by atoms with van der Waals surface area (Å²) in [7, 11) is 0. The van der Waals surface area contributed by atoms with Gasteiger partial charge in [0.25, 0.3) is 0 Å². The Hall–Kier alpha value is -0.0400. The molecule has 22 heavy (non-hydrogen) atoms. The molecule has 1 saturated carbocycles. The normalized spacial score (nSPS) is 29.6. The fraction of sp³-hybridized carbons (Fsp3) is 0.941. The van der Waals surface area contributed by atoms with Gasteiger partial charge >= 0.3 is 6.09 Å². The number of hydrogen-bond acceptors (Lipinski definition) is 3. The molecule has 1 amide bonds. The second kappa shape index (κ2) is 6.83. The van der Waals surface area contributed by atoms with Crippen LogP contribution < -0.4 is 0 Å². The molecule has 1 aliphatic carbocycles. The zero-order valence-electron chi connectivity index (χ0n) is 14.5. The fourth-order valence-corrected chi connectivity index (χ4v) is 3.97. The predicted octanol–water partition coefficient (Wildman–Crippen LogP) is 4.39. The lowest BCUT2D eigenvalue weighted by molar-refractivity contribution is -0.0386. The van der Waals surface area contributed by atoms with Gasteiger partial charge in [-0.2, -0.15) is 0 Å². The van der Waals surface area contributed by atoms with E-state index in [0.717, 1.165) is 19.4 Å². The average Bonchev–Trinajstić information content (AvgIpc) is 2.72. The van der Waals surface area contributed by atoms with Crippen molar-refractivity contribution in [1.82, 2.24) is 4.90 Å². The number of ether oxygens (including phenoxy) is 2. The van der Waals surface area contributed by atoms with Crippen molar-refractivity contribution in [3.05, 3.63) is 0 Å². The predicted molar refractivity (Wildman–Crippen MR) is 96.5 cm³/mol. The van der Waals surface area contributed by atoms with Gasteiger partial charge in [-0.15, -0.1) is 0 Å². The Kier molecular flexibility index (Phi) is 5.68. The summed E-state index contributed by atoms with van der Waals surface area (Å²) in [5.41, 5.74) is 0.0214. The third kappa shape index (κ3) is 5.25. The lowest BCUT2D eigenvalue weighted by Crippen LogP contribution is -2.37. The maximum atomic E-state index is 12.2. The summed E-state index contributed by atoms with van der Waals surface area (Å²) in [5.74, 6) is 0. The molecule has 0 bridgehead atoms. The van der Waals surface area contributed by atoms with Crippen LogP contribution in [0.3, 0.4) is 0 Å². The molecule has 4 nitrogen and oxygen atoms in total. The molecular formula is C17H30INO3. The van der Waals surface area contributed by atoms with Crippen LogP contribution >= 0.6 is 22.6 Å². The third-order valence-corrected chi connectivity index (χ3v) is 5.70. The summed E-state index contributed by atoms with van der Waals surface area (Å²) in [4.78, 5) is 14.0. The van der Waals surface area contributed by atoms with Crippen LogP contribution in [0, 0.1) is 5.41 Å². The highest BCUT2D eigenvalue weighted by atomic mass is 127. The van der Waals surface area contributed by atoms with Crippen LogP contribution in [0.15, 0.2) is 0 Å². The molecule has 0 aromatic rings. The molecule has 1 saturated heterocycles. The molecule has 2 fully saturated rings. The van der Waals surface area contributed by atoms with Crippen molar-refractivity contribution in [2.24, 2.45) is 5.41 Å². The van der Waals surface area contributed by atoms with Gasteiger partial charge in [-0.3, -0.25) is 0 Å². The number of rotatable bonds is 2. The molecular weight excluding hydrogens is 393 g/mol. The summed E-state index contributed by atoms with van der Waals surface area (Å²) in [6.45, 7) is 11.8. The molecule has 5 heteroatoms. The maximum Gasteiger partial charge on any atom is 0.410 e. The number of alkyl halides is 1. The number of hydrogen-bond donors (Lipinski definition) is 0. The first-order chi connectivity index (χ1) is 10.1. The first kappa shape index (κ1) is 18.3. The second-order valence-corrected chi connectivity index (χ2v) is 10.0. The van der Waals surface area contributed by atoms with E-state index in [-0.39, 0.29) is 12.2 Å². The molecule has 1 aliphatic heterocycles. The second-order valence-electron chi connectivity index (χ2n) is 8.44. The fourth-order valence-electron chi connectivity index (χ4n) is 3.09. The van der Waals surface area contributed by atoms with Gasteiger partial charge in [0.05, 0.1) is 22.7 Å². The van der Waals surface area contributed by atoms with E-state index in [1.165, 1.54) is 12.8 Å². The largest absolute Gasteiger partial charge is 0.444 e. The summed E-state index contributed by atoms with van der Waals surface area (Å²) >= 11 is 2.41. The lowest BCUT2D eigenvalue weighted by atomic mass is 9.76. The molecule has 0 N–H and O–H groups in total. The summed E-state index contributed by atoms with van der Waals surface area (Å²) in [5, 5.41) is 0. The van der Waals surface area contributed by atoms with E-state index in [2.05, 4.69) is 36.4 Å². The van der Waals surface area contributed by atoms with E-state index >= 15 is 0 Å². The van der Waals surface area contributed by atoms with E-state index in [0.29, 0.717) is 22.0 Å². The molecule has 1 heterocycles. The summed E-state index contributed by atoms with van der Waals surface area (Å²) in [6.07, 6.45) is 5.01. The van der Waals surface area contributed by atoms with Crippen LogP contribution in [0.4, 0.5) is 4.79 Å². The number of carbonyl (C=O) groups excluding carboxylic acids is 1. The molecule has 2 unspecified atom stereocenters. The van der Waals surface area contributed by atoms with Gasteiger partial charge in [0, 0.05) is 6.54 Å². The Labute approximate surface area is 148 Å². The van der Waals surface area contributed by atoms with Gasteiger partial charge in [-0.25, -0.2) is 4.79 Å². The van der Waals surface area contributed by atoms with E-state index in [9.17, 15) is 4.79 Å².